The number of amides is 1. The van der Waals surface area contributed by atoms with Crippen molar-refractivity contribution in [2.75, 3.05) is 11.9 Å². The van der Waals surface area contributed by atoms with Crippen LogP contribution in [-0.4, -0.2) is 30.2 Å². The number of anilines is 1. The van der Waals surface area contributed by atoms with Crippen LogP contribution in [0.1, 0.15) is 35.3 Å². The molecule has 4 aromatic rings. The molecule has 0 radical (unpaired) electrons. The third-order valence-corrected chi connectivity index (χ3v) is 8.38. The Morgan fingerprint density at radius 1 is 0.914 bits per heavy atom. The molecule has 0 aliphatic carbocycles. The number of hydrogen-bond donors (Lipinski definition) is 1. The predicted molar refractivity (Wildman–Crippen MR) is 141 cm³/mol. The summed E-state index contributed by atoms with van der Waals surface area (Å²) in [6.07, 6.45) is 0.974. The van der Waals surface area contributed by atoms with Gasteiger partial charge in [-0.2, -0.15) is 4.31 Å². The van der Waals surface area contributed by atoms with Gasteiger partial charge in [0.15, 0.2) is 5.13 Å². The summed E-state index contributed by atoms with van der Waals surface area (Å²) < 4.78 is 27.7. The Labute approximate surface area is 210 Å². The highest BCUT2D eigenvalue weighted by atomic mass is 32.2. The smallest absolute Gasteiger partial charge is 0.257 e. The van der Waals surface area contributed by atoms with Crippen molar-refractivity contribution >= 4 is 32.4 Å². The average Bonchev–Trinajstić information content (AvgIpc) is 3.36. The molecule has 0 unspecified atom stereocenters. The monoisotopic (exact) mass is 505 g/mol. The van der Waals surface area contributed by atoms with Crippen LogP contribution < -0.4 is 5.32 Å². The first kappa shape index (κ1) is 24.8. The molecule has 1 heterocycles. The molecule has 0 spiro atoms. The van der Waals surface area contributed by atoms with Crippen LogP contribution in [0.2, 0.25) is 0 Å². The predicted octanol–water partition coefficient (Wildman–Crippen LogP) is 5.84. The standard InChI is InChI=1S/C27H27N3O3S2/c1-3-20-10-12-22(13-11-20)25-19-34-27(28-25)29-26(31)23-14-16-24(17-15-23)35(32,33)30(4-2)18-21-8-6-5-7-9-21/h5-17,19H,3-4,18H2,1-2H3,(H,28,29,31). The lowest BCUT2D eigenvalue weighted by Crippen LogP contribution is -2.30. The van der Waals surface area contributed by atoms with Gasteiger partial charge in [0.2, 0.25) is 10.0 Å². The fraction of sp³-hybridized carbons (Fsp3) is 0.185. The van der Waals surface area contributed by atoms with Gasteiger partial charge in [-0.1, -0.05) is 68.4 Å². The van der Waals surface area contributed by atoms with Crippen molar-refractivity contribution in [1.82, 2.24) is 9.29 Å². The molecule has 6 nitrogen and oxygen atoms in total. The van der Waals surface area contributed by atoms with Gasteiger partial charge in [-0.3, -0.25) is 10.1 Å². The Bertz CT molecular complexity index is 1380. The maximum atomic E-state index is 13.1. The van der Waals surface area contributed by atoms with Gasteiger partial charge in [-0.25, -0.2) is 13.4 Å². The minimum Gasteiger partial charge on any atom is -0.298 e. The Morgan fingerprint density at radius 2 is 1.60 bits per heavy atom. The molecule has 0 saturated heterocycles. The molecule has 8 heteroatoms. The molecular formula is C27H27N3O3S2. The minimum absolute atomic E-state index is 0.152. The van der Waals surface area contributed by atoms with Crippen molar-refractivity contribution in [3.05, 3.63) is 101 Å². The van der Waals surface area contributed by atoms with E-state index in [2.05, 4.69) is 29.4 Å². The van der Waals surface area contributed by atoms with Crippen LogP contribution in [0.15, 0.2) is 89.1 Å². The van der Waals surface area contributed by atoms with Gasteiger partial charge >= 0.3 is 0 Å². The molecule has 0 fully saturated rings. The van der Waals surface area contributed by atoms with Crippen molar-refractivity contribution in [3.8, 4) is 11.3 Å². The largest absolute Gasteiger partial charge is 0.298 e. The van der Waals surface area contributed by atoms with E-state index in [0.717, 1.165) is 23.2 Å². The van der Waals surface area contributed by atoms with Crippen molar-refractivity contribution in [2.45, 2.75) is 31.7 Å². The number of aryl methyl sites for hydroxylation is 1. The summed E-state index contributed by atoms with van der Waals surface area (Å²) in [5.41, 5.74) is 4.32. The van der Waals surface area contributed by atoms with Crippen LogP contribution in [-0.2, 0) is 23.0 Å². The first-order chi connectivity index (χ1) is 16.9. The van der Waals surface area contributed by atoms with Gasteiger partial charge in [0.1, 0.15) is 0 Å². The van der Waals surface area contributed by atoms with Crippen LogP contribution >= 0.6 is 11.3 Å². The molecule has 0 aliphatic heterocycles. The molecule has 1 N–H and O–H groups in total. The number of rotatable bonds is 9. The summed E-state index contributed by atoms with van der Waals surface area (Å²) in [5.74, 6) is -0.340. The fourth-order valence-corrected chi connectivity index (χ4v) is 5.78. The first-order valence-electron chi connectivity index (χ1n) is 11.4. The van der Waals surface area contributed by atoms with Gasteiger partial charge in [0.05, 0.1) is 10.6 Å². The summed E-state index contributed by atoms with van der Waals surface area (Å²) in [5, 5.41) is 5.19. The number of carbonyl (C=O) groups is 1. The van der Waals surface area contributed by atoms with Gasteiger partial charge in [-0.15, -0.1) is 11.3 Å². The molecular weight excluding hydrogens is 478 g/mol. The Balaban J connectivity index is 1.44. The van der Waals surface area contributed by atoms with Crippen LogP contribution in [0.5, 0.6) is 0 Å². The van der Waals surface area contributed by atoms with E-state index in [4.69, 9.17) is 0 Å². The van der Waals surface area contributed by atoms with Crippen molar-refractivity contribution in [3.63, 3.8) is 0 Å². The molecule has 180 valence electrons. The second-order valence-electron chi connectivity index (χ2n) is 7.98. The van der Waals surface area contributed by atoms with E-state index in [1.165, 1.54) is 45.5 Å². The summed E-state index contributed by atoms with van der Waals surface area (Å²) in [6, 6.07) is 23.7. The van der Waals surface area contributed by atoms with Gasteiger partial charge in [-0.05, 0) is 41.8 Å². The Kier molecular flexibility index (Phi) is 7.75. The summed E-state index contributed by atoms with van der Waals surface area (Å²) in [4.78, 5) is 17.4. The average molecular weight is 506 g/mol. The van der Waals surface area contributed by atoms with E-state index in [9.17, 15) is 13.2 Å². The second kappa shape index (κ2) is 10.9. The molecule has 0 aliphatic rings. The van der Waals surface area contributed by atoms with Crippen LogP contribution in [0.25, 0.3) is 11.3 Å². The summed E-state index contributed by atoms with van der Waals surface area (Å²) in [6.45, 7) is 4.54. The van der Waals surface area contributed by atoms with Gasteiger partial charge in [0, 0.05) is 29.6 Å². The molecule has 35 heavy (non-hydrogen) atoms. The van der Waals surface area contributed by atoms with E-state index in [-0.39, 0.29) is 17.3 Å². The van der Waals surface area contributed by atoms with Crippen molar-refractivity contribution < 1.29 is 13.2 Å². The first-order valence-corrected chi connectivity index (χ1v) is 13.7. The SMILES string of the molecule is CCc1ccc(-c2csc(NC(=O)c3ccc(S(=O)(=O)N(CC)Cc4ccccc4)cc3)n2)cc1. The van der Waals surface area contributed by atoms with Crippen LogP contribution in [0.3, 0.4) is 0 Å². The van der Waals surface area contributed by atoms with E-state index in [1.54, 1.807) is 0 Å². The van der Waals surface area contributed by atoms with E-state index in [0.29, 0.717) is 17.2 Å². The van der Waals surface area contributed by atoms with Gasteiger partial charge < -0.3 is 0 Å². The molecule has 0 bridgehead atoms. The van der Waals surface area contributed by atoms with E-state index in [1.807, 2.05) is 54.8 Å². The van der Waals surface area contributed by atoms with Crippen LogP contribution in [0, 0.1) is 0 Å². The molecule has 1 amide bonds. The number of hydrogen-bond acceptors (Lipinski definition) is 5. The lowest BCUT2D eigenvalue weighted by Gasteiger charge is -2.20. The number of nitrogens with one attached hydrogen (secondary N) is 1. The number of carbonyl (C=O) groups excluding carboxylic acids is 1. The third kappa shape index (κ3) is 5.85. The minimum atomic E-state index is -3.69. The van der Waals surface area contributed by atoms with E-state index >= 15 is 0 Å². The molecule has 0 saturated carbocycles. The number of benzene rings is 3. The number of thiazole rings is 1. The number of aromatic nitrogens is 1. The molecule has 3 aromatic carbocycles. The normalized spacial score (nSPS) is 11.5. The zero-order valence-electron chi connectivity index (χ0n) is 19.6. The maximum absolute atomic E-state index is 13.1. The second-order valence-corrected chi connectivity index (χ2v) is 10.8. The Hall–Kier alpha value is -3.33. The third-order valence-electron chi connectivity index (χ3n) is 5.69. The highest BCUT2D eigenvalue weighted by Gasteiger charge is 2.23. The van der Waals surface area contributed by atoms with Gasteiger partial charge in [0.25, 0.3) is 5.91 Å². The number of sulfonamides is 1. The summed E-state index contributed by atoms with van der Waals surface area (Å²) >= 11 is 1.35. The zero-order chi connectivity index (χ0) is 24.8. The highest BCUT2D eigenvalue weighted by Crippen LogP contribution is 2.26. The molecule has 0 atom stereocenters. The Morgan fingerprint density at radius 3 is 2.23 bits per heavy atom. The fourth-order valence-electron chi connectivity index (χ4n) is 3.63. The van der Waals surface area contributed by atoms with Crippen molar-refractivity contribution in [1.29, 1.82) is 0 Å². The molecule has 1 aromatic heterocycles. The lowest BCUT2D eigenvalue weighted by molar-refractivity contribution is 0.102. The maximum Gasteiger partial charge on any atom is 0.257 e. The highest BCUT2D eigenvalue weighted by molar-refractivity contribution is 7.89. The lowest BCUT2D eigenvalue weighted by atomic mass is 10.1. The van der Waals surface area contributed by atoms with Crippen LogP contribution in [0.4, 0.5) is 5.13 Å². The molecule has 4 rings (SSSR count). The topological polar surface area (TPSA) is 79.4 Å². The number of nitrogens with zero attached hydrogens (tertiary/aromatic N) is 2. The summed E-state index contributed by atoms with van der Waals surface area (Å²) in [7, 11) is -3.69. The van der Waals surface area contributed by atoms with Crippen molar-refractivity contribution in [2.24, 2.45) is 0 Å². The quantitative estimate of drug-likeness (QED) is 0.310. The van der Waals surface area contributed by atoms with E-state index < -0.39 is 10.0 Å². The zero-order valence-corrected chi connectivity index (χ0v) is 21.3.